The minimum Gasteiger partial charge on any atom is -0.381 e. The lowest BCUT2D eigenvalue weighted by Crippen LogP contribution is -2.45. The van der Waals surface area contributed by atoms with Gasteiger partial charge in [0.05, 0.1) is 12.4 Å². The first kappa shape index (κ1) is 17.2. The maximum Gasteiger partial charge on any atom is 0.214 e. The van der Waals surface area contributed by atoms with Crippen LogP contribution in [0.3, 0.4) is 0 Å². The number of nitrogens with one attached hydrogen (secondary N) is 1. The Morgan fingerprint density at radius 2 is 1.94 bits per heavy atom. The molecule has 0 amide bonds. The summed E-state index contributed by atoms with van der Waals surface area (Å²) in [4.78, 5) is 0. The summed E-state index contributed by atoms with van der Waals surface area (Å²) in [6, 6.07) is -0.147. The molecule has 1 unspecified atom stereocenters. The first-order chi connectivity index (χ1) is 7.73. The van der Waals surface area contributed by atoms with E-state index in [1.807, 2.05) is 27.7 Å². The minimum absolute atomic E-state index is 0.00426. The van der Waals surface area contributed by atoms with Crippen LogP contribution in [0.2, 0.25) is 0 Å². The van der Waals surface area contributed by atoms with Crippen LogP contribution in [0.5, 0.6) is 0 Å². The van der Waals surface area contributed by atoms with Gasteiger partial charge in [-0.15, -0.1) is 11.6 Å². The van der Waals surface area contributed by atoms with Crippen LogP contribution in [-0.2, 0) is 14.8 Å². The number of halogens is 1. The molecule has 0 saturated carbocycles. The van der Waals surface area contributed by atoms with E-state index in [2.05, 4.69) is 4.72 Å². The summed E-state index contributed by atoms with van der Waals surface area (Å²) in [7, 11) is -3.29. The molecule has 0 spiro atoms. The van der Waals surface area contributed by atoms with Crippen LogP contribution in [0.15, 0.2) is 0 Å². The summed E-state index contributed by atoms with van der Waals surface area (Å²) in [6.45, 7) is 8.58. The molecule has 0 aliphatic rings. The third kappa shape index (κ3) is 7.97. The van der Waals surface area contributed by atoms with E-state index in [0.29, 0.717) is 18.9 Å². The fourth-order valence-electron chi connectivity index (χ4n) is 1.37. The Hall–Kier alpha value is 0.160. The highest BCUT2D eigenvalue weighted by Crippen LogP contribution is 2.22. The lowest BCUT2D eigenvalue weighted by Gasteiger charge is -2.30. The van der Waals surface area contributed by atoms with E-state index in [9.17, 15) is 8.42 Å². The van der Waals surface area contributed by atoms with Crippen LogP contribution >= 0.6 is 11.6 Å². The summed E-state index contributed by atoms with van der Waals surface area (Å²) in [5.41, 5.74) is -0.145. The van der Waals surface area contributed by atoms with Crippen molar-refractivity contribution in [3.63, 3.8) is 0 Å². The largest absolute Gasteiger partial charge is 0.381 e. The van der Waals surface area contributed by atoms with E-state index in [0.717, 1.165) is 0 Å². The highest BCUT2D eigenvalue weighted by Gasteiger charge is 2.28. The predicted octanol–water partition coefficient (Wildman–Crippen LogP) is 1.99. The van der Waals surface area contributed by atoms with E-state index < -0.39 is 10.0 Å². The molecule has 1 atom stereocenters. The van der Waals surface area contributed by atoms with Gasteiger partial charge < -0.3 is 4.74 Å². The maximum absolute atomic E-state index is 11.8. The number of ether oxygens (including phenoxy) is 1. The zero-order valence-electron chi connectivity index (χ0n) is 11.1. The molecule has 0 saturated heterocycles. The van der Waals surface area contributed by atoms with Gasteiger partial charge in [0.2, 0.25) is 10.0 Å². The molecule has 0 heterocycles. The summed E-state index contributed by atoms with van der Waals surface area (Å²) in [5, 5.41) is 0. The fourth-order valence-corrected chi connectivity index (χ4v) is 2.94. The lowest BCUT2D eigenvalue weighted by molar-refractivity contribution is 0.163. The monoisotopic (exact) mass is 285 g/mol. The summed E-state index contributed by atoms with van der Waals surface area (Å²) >= 11 is 5.70. The molecule has 0 rings (SSSR count). The van der Waals surface area contributed by atoms with Crippen molar-refractivity contribution in [3.8, 4) is 0 Å². The van der Waals surface area contributed by atoms with E-state index in [4.69, 9.17) is 16.3 Å². The van der Waals surface area contributed by atoms with E-state index >= 15 is 0 Å². The topological polar surface area (TPSA) is 55.4 Å². The Morgan fingerprint density at radius 3 is 2.35 bits per heavy atom. The van der Waals surface area contributed by atoms with Crippen LogP contribution in [0.4, 0.5) is 0 Å². The second-order valence-electron chi connectivity index (χ2n) is 5.03. The standard InChI is InChI=1S/C11H24ClNO3S/c1-5-16-8-9-17(14,15)13-10(6-7-12)11(2,3)4/h10,13H,5-9H2,1-4H3. The van der Waals surface area contributed by atoms with Gasteiger partial charge >= 0.3 is 0 Å². The lowest BCUT2D eigenvalue weighted by atomic mass is 9.86. The van der Waals surface area contributed by atoms with Gasteiger partial charge in [0, 0.05) is 18.5 Å². The van der Waals surface area contributed by atoms with E-state index in [1.165, 1.54) is 0 Å². The highest BCUT2D eigenvalue weighted by atomic mass is 35.5. The molecule has 0 bridgehead atoms. The molecule has 0 aliphatic heterocycles. The van der Waals surface area contributed by atoms with Crippen molar-refractivity contribution in [3.05, 3.63) is 0 Å². The van der Waals surface area contributed by atoms with Crippen molar-refractivity contribution >= 4 is 21.6 Å². The average Bonchev–Trinajstić information content (AvgIpc) is 2.15. The Kier molecular flexibility index (Phi) is 7.63. The third-order valence-corrected chi connectivity index (χ3v) is 4.03. The van der Waals surface area contributed by atoms with Gasteiger partial charge in [0.1, 0.15) is 0 Å². The first-order valence-electron chi connectivity index (χ1n) is 5.86. The molecule has 0 aliphatic carbocycles. The van der Waals surface area contributed by atoms with Crippen LogP contribution in [0, 0.1) is 5.41 Å². The highest BCUT2D eigenvalue weighted by molar-refractivity contribution is 7.89. The Morgan fingerprint density at radius 1 is 1.35 bits per heavy atom. The molecule has 104 valence electrons. The van der Waals surface area contributed by atoms with Gasteiger partial charge in [-0.25, -0.2) is 13.1 Å². The molecule has 1 N–H and O–H groups in total. The average molecular weight is 286 g/mol. The van der Waals surface area contributed by atoms with Crippen molar-refractivity contribution in [2.45, 2.75) is 40.2 Å². The van der Waals surface area contributed by atoms with Crippen molar-refractivity contribution in [2.24, 2.45) is 5.41 Å². The van der Waals surface area contributed by atoms with Gasteiger partial charge in [-0.2, -0.15) is 0 Å². The number of sulfonamides is 1. The normalized spacial score (nSPS) is 14.9. The van der Waals surface area contributed by atoms with E-state index in [1.54, 1.807) is 0 Å². The molecule has 17 heavy (non-hydrogen) atoms. The molecule has 0 aromatic rings. The number of alkyl halides is 1. The Balaban J connectivity index is 4.43. The van der Waals surface area contributed by atoms with Gasteiger partial charge in [-0.3, -0.25) is 0 Å². The summed E-state index contributed by atoms with van der Waals surface area (Å²) in [6.07, 6.45) is 0.624. The van der Waals surface area contributed by atoms with Crippen molar-refractivity contribution in [1.29, 1.82) is 0 Å². The smallest absolute Gasteiger partial charge is 0.214 e. The molecular weight excluding hydrogens is 262 g/mol. The quantitative estimate of drug-likeness (QED) is 0.548. The molecule has 0 radical (unpaired) electrons. The predicted molar refractivity (Wildman–Crippen MR) is 72.0 cm³/mol. The van der Waals surface area contributed by atoms with Gasteiger partial charge in [0.15, 0.2) is 0 Å². The minimum atomic E-state index is -3.29. The van der Waals surface area contributed by atoms with Gasteiger partial charge in [-0.1, -0.05) is 20.8 Å². The van der Waals surface area contributed by atoms with Crippen LogP contribution < -0.4 is 4.72 Å². The van der Waals surface area contributed by atoms with Crippen molar-refractivity contribution in [2.75, 3.05) is 24.8 Å². The van der Waals surface area contributed by atoms with Crippen molar-refractivity contribution < 1.29 is 13.2 Å². The molecular formula is C11H24ClNO3S. The first-order valence-corrected chi connectivity index (χ1v) is 8.05. The summed E-state index contributed by atoms with van der Waals surface area (Å²) in [5.74, 6) is 0.436. The Labute approximate surface area is 110 Å². The molecule has 6 heteroatoms. The number of hydrogen-bond acceptors (Lipinski definition) is 3. The van der Waals surface area contributed by atoms with E-state index in [-0.39, 0.29) is 23.8 Å². The second-order valence-corrected chi connectivity index (χ2v) is 7.28. The van der Waals surface area contributed by atoms with Gasteiger partial charge in [-0.05, 0) is 18.8 Å². The van der Waals surface area contributed by atoms with Crippen molar-refractivity contribution in [1.82, 2.24) is 4.72 Å². The SMILES string of the molecule is CCOCCS(=O)(=O)NC(CCCl)C(C)(C)C. The Bertz CT molecular complexity index is 298. The third-order valence-electron chi connectivity index (χ3n) is 2.47. The zero-order chi connectivity index (χ0) is 13.5. The number of hydrogen-bond donors (Lipinski definition) is 1. The molecule has 4 nitrogen and oxygen atoms in total. The maximum atomic E-state index is 11.8. The molecule has 0 fully saturated rings. The van der Waals surface area contributed by atoms with Crippen LogP contribution in [-0.4, -0.2) is 39.3 Å². The second kappa shape index (κ2) is 7.56. The number of rotatable bonds is 8. The fraction of sp³-hybridized carbons (Fsp3) is 1.00. The van der Waals surface area contributed by atoms with Gasteiger partial charge in [0.25, 0.3) is 0 Å². The van der Waals surface area contributed by atoms with Crippen LogP contribution in [0.1, 0.15) is 34.1 Å². The molecule has 0 aromatic carbocycles. The van der Waals surface area contributed by atoms with Crippen LogP contribution in [0.25, 0.3) is 0 Å². The molecule has 0 aromatic heterocycles. The zero-order valence-corrected chi connectivity index (χ0v) is 12.7. The summed E-state index contributed by atoms with van der Waals surface area (Å²) < 4.78 is 31.4.